The van der Waals surface area contributed by atoms with Gasteiger partial charge in [-0.2, -0.15) is 5.26 Å². The van der Waals surface area contributed by atoms with Gasteiger partial charge in [0.1, 0.15) is 23.4 Å². The van der Waals surface area contributed by atoms with Gasteiger partial charge < -0.3 is 14.2 Å². The number of methoxy groups -OCH3 is 1. The van der Waals surface area contributed by atoms with E-state index in [-0.39, 0.29) is 0 Å². The second-order valence-corrected chi connectivity index (χ2v) is 5.75. The summed E-state index contributed by atoms with van der Waals surface area (Å²) >= 11 is 0. The maximum absolute atomic E-state index is 9.03. The lowest BCUT2D eigenvalue weighted by Crippen LogP contribution is -2.36. The number of rotatable bonds is 5. The van der Waals surface area contributed by atoms with Crippen molar-refractivity contribution >= 4 is 5.82 Å². The zero-order valence-corrected chi connectivity index (χ0v) is 13.4. The highest BCUT2D eigenvalue weighted by Crippen LogP contribution is 2.28. The molecule has 0 bridgehead atoms. The number of nitriles is 1. The van der Waals surface area contributed by atoms with Crippen molar-refractivity contribution in [1.82, 2.24) is 14.5 Å². The molecule has 0 aliphatic carbocycles. The van der Waals surface area contributed by atoms with Crippen molar-refractivity contribution in [2.75, 3.05) is 31.7 Å². The lowest BCUT2D eigenvalue weighted by atomic mass is 9.97. The Morgan fingerprint density at radius 3 is 3.17 bits per heavy atom. The third-order valence-electron chi connectivity index (χ3n) is 4.24. The van der Waals surface area contributed by atoms with E-state index < -0.39 is 0 Å². The fraction of sp³-hybridized carbons (Fsp3) is 0.471. The molecule has 0 radical (unpaired) electrons. The third kappa shape index (κ3) is 3.51. The van der Waals surface area contributed by atoms with Crippen LogP contribution in [0.3, 0.4) is 0 Å². The van der Waals surface area contributed by atoms with Crippen LogP contribution in [-0.4, -0.2) is 41.3 Å². The summed E-state index contributed by atoms with van der Waals surface area (Å²) in [5.41, 5.74) is 0.464. The average Bonchev–Trinajstić information content (AvgIpc) is 3.08. The number of anilines is 1. The van der Waals surface area contributed by atoms with Gasteiger partial charge in [-0.1, -0.05) is 6.07 Å². The smallest absolute Gasteiger partial charge is 0.142 e. The Morgan fingerprint density at radius 1 is 1.43 bits per heavy atom. The molecule has 1 unspecified atom stereocenters. The first-order chi connectivity index (χ1) is 11.3. The second kappa shape index (κ2) is 7.25. The molecule has 1 atom stereocenters. The maximum atomic E-state index is 9.03. The Kier molecular flexibility index (Phi) is 4.89. The lowest BCUT2D eigenvalue weighted by molar-refractivity contribution is 0.185. The van der Waals surface area contributed by atoms with Crippen LogP contribution in [0, 0.1) is 11.3 Å². The van der Waals surface area contributed by atoms with Gasteiger partial charge in [-0.05, 0) is 25.0 Å². The lowest BCUT2D eigenvalue weighted by Gasteiger charge is -2.33. The molecule has 23 heavy (non-hydrogen) atoms. The molecule has 120 valence electrons. The summed E-state index contributed by atoms with van der Waals surface area (Å²) in [6, 6.07) is 7.71. The molecule has 0 N–H and O–H groups in total. The summed E-state index contributed by atoms with van der Waals surface area (Å²) in [6.07, 6.45) is 6.10. The van der Waals surface area contributed by atoms with E-state index in [4.69, 9.17) is 10.00 Å². The van der Waals surface area contributed by atoms with Crippen molar-refractivity contribution in [2.45, 2.75) is 25.3 Å². The highest BCUT2D eigenvalue weighted by molar-refractivity contribution is 5.42. The van der Waals surface area contributed by atoms with Gasteiger partial charge in [0.05, 0.1) is 6.61 Å². The molecule has 6 heteroatoms. The number of ether oxygens (including phenoxy) is 1. The summed E-state index contributed by atoms with van der Waals surface area (Å²) in [7, 11) is 1.72. The molecule has 1 aliphatic rings. The predicted octanol–water partition coefficient (Wildman–Crippen LogP) is 2.18. The number of pyridine rings is 1. The molecule has 0 spiro atoms. The zero-order chi connectivity index (χ0) is 16.1. The molecule has 2 aromatic rings. The summed E-state index contributed by atoms with van der Waals surface area (Å²) in [5, 5.41) is 9.03. The van der Waals surface area contributed by atoms with E-state index in [2.05, 4.69) is 25.5 Å². The molecule has 1 aliphatic heterocycles. The Balaban J connectivity index is 1.76. The van der Waals surface area contributed by atoms with Crippen LogP contribution < -0.4 is 4.90 Å². The standard InChI is InChI=1S/C17H21N5O/c1-23-11-10-21-9-7-19-17(21)14-4-3-8-22(13-14)16-6-2-5-15(12-18)20-16/h2,5-7,9,14H,3-4,8,10-11,13H2,1H3. The quantitative estimate of drug-likeness (QED) is 0.846. The molecule has 1 saturated heterocycles. The van der Waals surface area contributed by atoms with Crippen molar-refractivity contribution in [3.8, 4) is 6.07 Å². The van der Waals surface area contributed by atoms with E-state index in [0.29, 0.717) is 18.2 Å². The van der Waals surface area contributed by atoms with Gasteiger partial charge in [-0.25, -0.2) is 9.97 Å². The van der Waals surface area contributed by atoms with E-state index in [0.717, 1.165) is 44.1 Å². The van der Waals surface area contributed by atoms with E-state index in [1.165, 1.54) is 0 Å². The molecule has 0 amide bonds. The number of aromatic nitrogens is 3. The van der Waals surface area contributed by atoms with Gasteiger partial charge >= 0.3 is 0 Å². The average molecular weight is 311 g/mol. The summed E-state index contributed by atoms with van der Waals surface area (Å²) in [4.78, 5) is 11.2. The number of hydrogen-bond acceptors (Lipinski definition) is 5. The number of hydrogen-bond donors (Lipinski definition) is 0. The summed E-state index contributed by atoms with van der Waals surface area (Å²) in [5.74, 6) is 2.37. The van der Waals surface area contributed by atoms with Crippen LogP contribution in [0.5, 0.6) is 0 Å². The Labute approximate surface area is 136 Å². The number of nitrogens with zero attached hydrogens (tertiary/aromatic N) is 5. The molecule has 1 fully saturated rings. The monoisotopic (exact) mass is 311 g/mol. The minimum Gasteiger partial charge on any atom is -0.383 e. The third-order valence-corrected chi connectivity index (χ3v) is 4.24. The van der Waals surface area contributed by atoms with E-state index >= 15 is 0 Å². The molecular formula is C17H21N5O. The van der Waals surface area contributed by atoms with Crippen LogP contribution >= 0.6 is 0 Å². The Bertz CT molecular complexity index is 690. The fourth-order valence-corrected chi connectivity index (χ4v) is 3.12. The topological polar surface area (TPSA) is 67.0 Å². The fourth-order valence-electron chi connectivity index (χ4n) is 3.12. The minimum atomic E-state index is 0.378. The van der Waals surface area contributed by atoms with Gasteiger partial charge in [0, 0.05) is 45.1 Å². The van der Waals surface area contributed by atoms with Gasteiger partial charge in [0.15, 0.2) is 0 Å². The highest BCUT2D eigenvalue weighted by atomic mass is 16.5. The van der Waals surface area contributed by atoms with Crippen LogP contribution in [0.2, 0.25) is 0 Å². The van der Waals surface area contributed by atoms with E-state index in [9.17, 15) is 0 Å². The largest absolute Gasteiger partial charge is 0.383 e. The van der Waals surface area contributed by atoms with Crippen molar-refractivity contribution < 1.29 is 4.74 Å². The van der Waals surface area contributed by atoms with Crippen LogP contribution in [0.15, 0.2) is 30.6 Å². The van der Waals surface area contributed by atoms with Gasteiger partial charge in [-0.3, -0.25) is 0 Å². The maximum Gasteiger partial charge on any atom is 0.142 e. The second-order valence-electron chi connectivity index (χ2n) is 5.75. The molecule has 6 nitrogen and oxygen atoms in total. The van der Waals surface area contributed by atoms with E-state index in [1.807, 2.05) is 24.5 Å². The summed E-state index contributed by atoms with van der Waals surface area (Å²) < 4.78 is 7.35. The van der Waals surface area contributed by atoms with Crippen LogP contribution in [-0.2, 0) is 11.3 Å². The van der Waals surface area contributed by atoms with Crippen LogP contribution in [0.4, 0.5) is 5.82 Å². The minimum absolute atomic E-state index is 0.378. The van der Waals surface area contributed by atoms with Crippen molar-refractivity contribution in [3.05, 3.63) is 42.1 Å². The highest BCUT2D eigenvalue weighted by Gasteiger charge is 2.25. The van der Waals surface area contributed by atoms with Crippen molar-refractivity contribution in [3.63, 3.8) is 0 Å². The van der Waals surface area contributed by atoms with Crippen molar-refractivity contribution in [2.24, 2.45) is 0 Å². The zero-order valence-electron chi connectivity index (χ0n) is 13.4. The first kappa shape index (κ1) is 15.5. The summed E-state index contributed by atoms with van der Waals surface area (Å²) in [6.45, 7) is 3.36. The molecular weight excluding hydrogens is 290 g/mol. The van der Waals surface area contributed by atoms with E-state index in [1.54, 1.807) is 13.2 Å². The SMILES string of the molecule is COCCn1ccnc1C1CCCN(c2cccc(C#N)n2)C1. The van der Waals surface area contributed by atoms with Crippen LogP contribution in [0.25, 0.3) is 0 Å². The van der Waals surface area contributed by atoms with Gasteiger partial charge in [0.2, 0.25) is 0 Å². The number of imidazole rings is 1. The van der Waals surface area contributed by atoms with Crippen LogP contribution in [0.1, 0.15) is 30.3 Å². The predicted molar refractivity (Wildman–Crippen MR) is 87.2 cm³/mol. The number of piperidine rings is 1. The first-order valence-electron chi connectivity index (χ1n) is 7.94. The molecule has 3 rings (SSSR count). The molecule has 0 saturated carbocycles. The normalized spacial score (nSPS) is 17.9. The van der Waals surface area contributed by atoms with Crippen molar-refractivity contribution in [1.29, 1.82) is 5.26 Å². The Hall–Kier alpha value is -2.39. The Morgan fingerprint density at radius 2 is 2.35 bits per heavy atom. The first-order valence-corrected chi connectivity index (χ1v) is 7.94. The van der Waals surface area contributed by atoms with Gasteiger partial charge in [-0.15, -0.1) is 0 Å². The molecule has 0 aromatic carbocycles. The molecule has 3 heterocycles. The van der Waals surface area contributed by atoms with Gasteiger partial charge in [0.25, 0.3) is 0 Å². The molecule has 2 aromatic heterocycles.